The van der Waals surface area contributed by atoms with E-state index in [2.05, 4.69) is 0 Å². The molecule has 0 heterocycles. The fourth-order valence-corrected chi connectivity index (χ4v) is 0. The van der Waals surface area contributed by atoms with Gasteiger partial charge in [0.25, 0.3) is 0 Å². The molecule has 5 heavy (non-hydrogen) atoms. The van der Waals surface area contributed by atoms with Crippen LogP contribution in [-0.2, 0) is 49.1 Å². The number of rotatable bonds is 0. The summed E-state index contributed by atoms with van der Waals surface area (Å²) in [4.78, 5) is 0. The first-order valence-electron chi connectivity index (χ1n) is 0.632. The van der Waals surface area contributed by atoms with Crippen molar-refractivity contribution in [2.24, 2.45) is 0 Å². The summed E-state index contributed by atoms with van der Waals surface area (Å²) in [5.41, 5.74) is 0. The topological polar surface area (TPSA) is 23.8 Å². The summed E-state index contributed by atoms with van der Waals surface area (Å²) in [6, 6.07) is 0. The van der Waals surface area contributed by atoms with Gasteiger partial charge in [-0.3, -0.25) is 0 Å². The maximum absolute atomic E-state index is 7.62. The van der Waals surface area contributed by atoms with Crippen molar-refractivity contribution in [3.63, 3.8) is 0 Å². The van der Waals surface area contributed by atoms with Crippen molar-refractivity contribution in [1.82, 2.24) is 0 Å². The van der Waals surface area contributed by atoms with Crippen LogP contribution in [0.1, 0.15) is 0 Å². The Kier molecular flexibility index (Phi) is 17.9. The molecule has 0 bridgehead atoms. The molecule has 0 saturated heterocycles. The first kappa shape index (κ1) is 9.78. The normalized spacial score (nSPS) is 3.60. The van der Waals surface area contributed by atoms with Crippen LogP contribution in [0.4, 0.5) is 0 Å². The Hall–Kier alpha value is 1.59. The second-order valence-electron chi connectivity index (χ2n) is 0.193. The predicted octanol–water partition coefficient (Wildman–Crippen LogP) is 0.660. The van der Waals surface area contributed by atoms with Gasteiger partial charge in [0, 0.05) is 26.2 Å². The third-order valence-corrected chi connectivity index (χ3v) is 1.12. The summed E-state index contributed by atoms with van der Waals surface area (Å²) in [5, 5.41) is 9.53. The van der Waals surface area contributed by atoms with Crippen molar-refractivity contribution in [1.29, 1.82) is 5.26 Å². The SMILES string of the molecule is N#C[S][Hf].[Zr]. The van der Waals surface area contributed by atoms with Crippen LogP contribution in [0, 0.1) is 10.7 Å². The van der Waals surface area contributed by atoms with Gasteiger partial charge in [0.1, 0.15) is 0 Å². The first-order valence-corrected chi connectivity index (χ1v) is 5.85. The van der Waals surface area contributed by atoms with E-state index < -0.39 is 0 Å². The molecule has 0 aliphatic rings. The van der Waals surface area contributed by atoms with Gasteiger partial charge in [0.2, 0.25) is 0 Å². The first-order chi connectivity index (χ1) is 1.91. The third-order valence-electron chi connectivity index (χ3n) is 0.0456. The van der Waals surface area contributed by atoms with Crippen LogP contribution >= 0.6 is 8.59 Å². The van der Waals surface area contributed by atoms with Crippen LogP contribution in [0.3, 0.4) is 0 Å². The Balaban J connectivity index is 0. The molecular weight excluding hydrogens is 328 g/mol. The minimum absolute atomic E-state index is 0. The molecule has 0 N–H and O–H groups in total. The van der Waals surface area contributed by atoms with Crippen molar-refractivity contribution < 1.29 is 49.1 Å². The second-order valence-corrected chi connectivity index (χ2v) is 2.78. The average molecular weight is 328 g/mol. The van der Waals surface area contributed by atoms with Crippen molar-refractivity contribution >= 4 is 8.59 Å². The molecule has 0 saturated carbocycles. The summed E-state index contributed by atoms with van der Waals surface area (Å²) < 4.78 is 0. The van der Waals surface area contributed by atoms with E-state index in [1.165, 1.54) is 8.59 Å². The standard InChI is InChI=1S/CHNS.Hf.Zr/c2-1-3;;/h3H;;/q;+1;/p-1. The fourth-order valence-electron chi connectivity index (χ4n) is 0. The average Bonchev–Trinajstić information content (AvgIpc) is 1.37. The minimum Gasteiger partial charge on any atom is 0 e. The Labute approximate surface area is 67.5 Å². The zero-order valence-electron chi connectivity index (χ0n) is 2.36. The Morgan fingerprint density at radius 3 is 2.00 bits per heavy atom. The smallest absolute Gasteiger partial charge is 0 e. The van der Waals surface area contributed by atoms with E-state index in [1.807, 2.05) is 5.40 Å². The summed E-state index contributed by atoms with van der Waals surface area (Å²) in [6.07, 6.45) is 0. The van der Waals surface area contributed by atoms with Crippen LogP contribution in [0.15, 0.2) is 0 Å². The van der Waals surface area contributed by atoms with Gasteiger partial charge < -0.3 is 0 Å². The maximum atomic E-state index is 7.62. The van der Waals surface area contributed by atoms with Gasteiger partial charge in [-0.2, -0.15) is 0 Å². The van der Waals surface area contributed by atoms with Gasteiger partial charge in [0.05, 0.1) is 0 Å². The van der Waals surface area contributed by atoms with Crippen LogP contribution < -0.4 is 0 Å². The van der Waals surface area contributed by atoms with Crippen molar-refractivity contribution in [2.75, 3.05) is 0 Å². The number of hydrogen-bond acceptors (Lipinski definition) is 2. The van der Waals surface area contributed by atoms with Gasteiger partial charge in [-0.15, -0.1) is 0 Å². The predicted molar refractivity (Wildman–Crippen MR) is 13.2 cm³/mol. The van der Waals surface area contributed by atoms with E-state index >= 15 is 0 Å². The van der Waals surface area contributed by atoms with Crippen LogP contribution in [0.25, 0.3) is 0 Å². The molecule has 0 fully saturated rings. The Morgan fingerprint density at radius 1 is 1.80 bits per heavy atom. The molecule has 0 radical (unpaired) electrons. The molecule has 0 aliphatic carbocycles. The van der Waals surface area contributed by atoms with Crippen molar-refractivity contribution in [3.05, 3.63) is 0 Å². The van der Waals surface area contributed by atoms with E-state index in [-0.39, 0.29) is 26.2 Å². The second kappa shape index (κ2) is 9.14. The van der Waals surface area contributed by atoms with E-state index in [4.69, 9.17) is 5.26 Å². The molecule has 4 heteroatoms. The van der Waals surface area contributed by atoms with Gasteiger partial charge in [-0.05, 0) is 0 Å². The fraction of sp³-hybridized carbons (Fsp3) is 0. The summed E-state index contributed by atoms with van der Waals surface area (Å²) in [7, 11) is 1.30. The van der Waals surface area contributed by atoms with E-state index in [0.717, 1.165) is 22.9 Å². The maximum Gasteiger partial charge on any atom is 0 e. The molecular formula is CHfNSZr. The quantitative estimate of drug-likeness (QED) is 0.482. The van der Waals surface area contributed by atoms with Gasteiger partial charge in [-0.1, -0.05) is 0 Å². The molecule has 0 unspecified atom stereocenters. The van der Waals surface area contributed by atoms with E-state index in [1.54, 1.807) is 0 Å². The van der Waals surface area contributed by atoms with Crippen LogP contribution in [0.5, 0.6) is 0 Å². The number of thiocyanates is 1. The van der Waals surface area contributed by atoms with Crippen molar-refractivity contribution in [3.8, 4) is 5.40 Å². The van der Waals surface area contributed by atoms with Crippen molar-refractivity contribution in [2.45, 2.75) is 0 Å². The summed E-state index contributed by atoms with van der Waals surface area (Å²) in [6.45, 7) is 0. The monoisotopic (exact) mass is 328 g/mol. The van der Waals surface area contributed by atoms with Crippen LogP contribution in [0.2, 0.25) is 0 Å². The van der Waals surface area contributed by atoms with Gasteiger partial charge in [-0.25, -0.2) is 0 Å². The molecule has 0 aliphatic heterocycles. The number of nitriles is 1. The zero-order valence-corrected chi connectivity index (χ0v) is 9.22. The largest absolute Gasteiger partial charge is 0 e. The molecule has 1 nitrogen and oxygen atoms in total. The van der Waals surface area contributed by atoms with Crippen LogP contribution in [-0.4, -0.2) is 0 Å². The molecule has 0 aromatic heterocycles. The summed E-state index contributed by atoms with van der Waals surface area (Å²) in [5.74, 6) is 0. The molecule has 0 rings (SSSR count). The number of nitrogens with zero attached hydrogens (tertiary/aromatic N) is 1. The molecule has 0 aromatic rings. The van der Waals surface area contributed by atoms with E-state index in [9.17, 15) is 0 Å². The molecule has 0 spiro atoms. The zero-order chi connectivity index (χ0) is 3.41. The number of hydrogen-bond donors (Lipinski definition) is 0. The molecule has 0 atom stereocenters. The Morgan fingerprint density at radius 2 is 2.00 bits per heavy atom. The third kappa shape index (κ3) is 10.7. The van der Waals surface area contributed by atoms with Gasteiger partial charge >= 0.3 is 42.2 Å². The van der Waals surface area contributed by atoms with Gasteiger partial charge in [0.15, 0.2) is 0 Å². The minimum atomic E-state index is 0. The summed E-state index contributed by atoms with van der Waals surface area (Å²) >= 11 is 0.945. The molecule has 0 aromatic carbocycles. The molecule has 0 amide bonds. The van der Waals surface area contributed by atoms with E-state index in [0.29, 0.717) is 0 Å². The molecule has 23 valence electrons. The Bertz CT molecular complexity index is 41.4.